The molecule has 0 aliphatic carbocycles. The van der Waals surface area contributed by atoms with Crippen molar-refractivity contribution >= 4 is 79.0 Å². The van der Waals surface area contributed by atoms with Gasteiger partial charge in [-0.25, -0.2) is 9.97 Å². The Bertz CT molecular complexity index is 5330. The molecule has 0 N–H and O–H groups in total. The zero-order chi connectivity index (χ0) is 62.9. The van der Waals surface area contributed by atoms with Gasteiger partial charge in [0.05, 0.1) is 28.1 Å². The summed E-state index contributed by atoms with van der Waals surface area (Å²) in [6, 6.07) is 126. The summed E-state index contributed by atoms with van der Waals surface area (Å²) < 4.78 is 2.43. The summed E-state index contributed by atoms with van der Waals surface area (Å²) in [4.78, 5) is 15.9. The molecule has 95 heavy (non-hydrogen) atoms. The maximum Gasteiger partial charge on any atom is 0.252 e. The Kier molecular flexibility index (Phi) is 13.5. The van der Waals surface area contributed by atoms with Gasteiger partial charge in [0.15, 0.2) is 5.82 Å². The summed E-state index contributed by atoms with van der Waals surface area (Å²) in [6.45, 7) is 2.03. The number of aromatic nitrogens is 3. The molecule has 4 heterocycles. The molecule has 0 saturated carbocycles. The predicted molar refractivity (Wildman–Crippen MR) is 399 cm³/mol. The average Bonchev–Trinajstić information content (AvgIpc) is 1.03. The summed E-state index contributed by atoms with van der Waals surface area (Å²) in [7, 11) is 0. The Morgan fingerprint density at radius 3 is 1.14 bits per heavy atom. The first-order valence-electron chi connectivity index (χ1n) is 32.6. The van der Waals surface area contributed by atoms with Gasteiger partial charge in [0, 0.05) is 61.6 Å². The lowest BCUT2D eigenvalue weighted by Gasteiger charge is -2.44. The van der Waals surface area contributed by atoms with Crippen molar-refractivity contribution < 1.29 is 0 Å². The third-order valence-corrected chi connectivity index (χ3v) is 19.3. The molecule has 2 aliphatic rings. The van der Waals surface area contributed by atoms with Crippen LogP contribution >= 0.6 is 0 Å². The zero-order valence-corrected chi connectivity index (χ0v) is 52.2. The van der Waals surface area contributed by atoms with Gasteiger partial charge in [-0.1, -0.05) is 261 Å². The van der Waals surface area contributed by atoms with Crippen molar-refractivity contribution in [3.63, 3.8) is 0 Å². The van der Waals surface area contributed by atoms with Crippen LogP contribution in [0.3, 0.4) is 0 Å². The van der Waals surface area contributed by atoms with Crippen molar-refractivity contribution in [2.45, 2.75) is 6.92 Å². The number of aryl methyl sites for hydroxylation is 1. The molecular formula is C89H60BN5. The molecule has 444 valence electrons. The summed E-state index contributed by atoms with van der Waals surface area (Å²) in [5.74, 6) is 0.665. The van der Waals surface area contributed by atoms with Crippen molar-refractivity contribution in [3.05, 3.63) is 351 Å². The number of hydrogen-bond acceptors (Lipinski definition) is 4. The van der Waals surface area contributed by atoms with E-state index in [9.17, 15) is 0 Å². The Hall–Kier alpha value is -12.4. The second-order valence-electron chi connectivity index (χ2n) is 24.9. The van der Waals surface area contributed by atoms with Gasteiger partial charge in [-0.3, -0.25) is 0 Å². The van der Waals surface area contributed by atoms with Crippen molar-refractivity contribution in [1.29, 1.82) is 0 Å². The van der Waals surface area contributed by atoms with Crippen molar-refractivity contribution in [1.82, 2.24) is 14.5 Å². The fourth-order valence-corrected chi connectivity index (χ4v) is 14.7. The molecule has 0 fully saturated rings. The predicted octanol–water partition coefficient (Wildman–Crippen LogP) is 21.3. The number of para-hydroxylation sites is 1. The first-order chi connectivity index (χ1) is 47.0. The molecule has 5 nitrogen and oxygen atoms in total. The Balaban J connectivity index is 0.879. The van der Waals surface area contributed by atoms with Crippen LogP contribution in [-0.2, 0) is 0 Å². The van der Waals surface area contributed by atoms with Crippen LogP contribution < -0.4 is 26.2 Å². The van der Waals surface area contributed by atoms with Gasteiger partial charge >= 0.3 is 0 Å². The second-order valence-corrected chi connectivity index (χ2v) is 24.9. The topological polar surface area (TPSA) is 37.2 Å². The van der Waals surface area contributed by atoms with E-state index in [0.717, 1.165) is 106 Å². The second kappa shape index (κ2) is 23.1. The van der Waals surface area contributed by atoms with Gasteiger partial charge in [-0.15, -0.1) is 0 Å². The number of anilines is 6. The first kappa shape index (κ1) is 55.5. The lowest BCUT2D eigenvalue weighted by Crippen LogP contribution is -2.61. The van der Waals surface area contributed by atoms with Gasteiger partial charge in [0.2, 0.25) is 0 Å². The van der Waals surface area contributed by atoms with Crippen LogP contribution in [0.1, 0.15) is 5.56 Å². The summed E-state index contributed by atoms with van der Waals surface area (Å²) >= 11 is 0. The minimum Gasteiger partial charge on any atom is -0.311 e. The number of fused-ring (bicyclic) bond motifs is 7. The normalized spacial score (nSPS) is 12.2. The quantitative estimate of drug-likeness (QED) is 0.121. The molecule has 0 unspecified atom stereocenters. The van der Waals surface area contributed by atoms with E-state index >= 15 is 0 Å². The van der Waals surface area contributed by atoms with Crippen LogP contribution in [0.4, 0.5) is 34.1 Å². The fraction of sp³-hybridized carbons (Fsp3) is 0.0112. The molecule has 0 radical (unpaired) electrons. The third kappa shape index (κ3) is 9.73. The van der Waals surface area contributed by atoms with Crippen LogP contribution in [0.25, 0.3) is 117 Å². The van der Waals surface area contributed by atoms with E-state index in [1.807, 2.05) is 0 Å². The molecule has 0 amide bonds. The summed E-state index contributed by atoms with van der Waals surface area (Å²) in [6.07, 6.45) is 0. The summed E-state index contributed by atoms with van der Waals surface area (Å²) in [5, 5.41) is 2.31. The highest BCUT2D eigenvalue weighted by molar-refractivity contribution is 7.00. The highest BCUT2D eigenvalue weighted by Crippen LogP contribution is 2.49. The van der Waals surface area contributed by atoms with E-state index in [4.69, 9.17) is 9.97 Å². The van der Waals surface area contributed by atoms with Crippen LogP contribution in [0.2, 0.25) is 0 Å². The average molecular weight is 1210 g/mol. The smallest absolute Gasteiger partial charge is 0.252 e. The monoisotopic (exact) mass is 1210 g/mol. The molecule has 0 atom stereocenters. The Morgan fingerprint density at radius 2 is 0.653 bits per heavy atom. The number of hydrogen-bond donors (Lipinski definition) is 0. The molecule has 6 heteroatoms. The number of nitrogens with zero attached hydrogens (tertiary/aromatic N) is 5. The van der Waals surface area contributed by atoms with Crippen LogP contribution in [0.15, 0.2) is 346 Å². The van der Waals surface area contributed by atoms with Gasteiger partial charge in [0.25, 0.3) is 6.71 Å². The van der Waals surface area contributed by atoms with Crippen LogP contribution in [0.5, 0.6) is 0 Å². The van der Waals surface area contributed by atoms with E-state index < -0.39 is 0 Å². The molecule has 2 aliphatic heterocycles. The lowest BCUT2D eigenvalue weighted by atomic mass is 9.33. The van der Waals surface area contributed by atoms with Gasteiger partial charge in [0.1, 0.15) is 0 Å². The van der Waals surface area contributed by atoms with E-state index in [2.05, 4.69) is 367 Å². The molecule has 0 saturated heterocycles. The maximum absolute atomic E-state index is 5.40. The van der Waals surface area contributed by atoms with Crippen molar-refractivity contribution in [2.24, 2.45) is 0 Å². The SMILES string of the molecule is Cc1ccc(-c2nc(-c3ccccc3)cc(-c3ccccc3)n2)c(-n2c3ccccc3c3cc(-c4cc5c6c(c4)N(c4ccc(-c7ccccc7)cc4)c4ccc(-c7ccccc7)cc4B6c4cc(-c6ccccc6)ccc4N5c4ccc(-c5ccccc5)cc4)ccc32)c1. The zero-order valence-electron chi connectivity index (χ0n) is 52.2. The van der Waals surface area contributed by atoms with Gasteiger partial charge in [-0.2, -0.15) is 0 Å². The van der Waals surface area contributed by atoms with Gasteiger partial charge < -0.3 is 14.4 Å². The Morgan fingerprint density at radius 1 is 0.263 bits per heavy atom. The lowest BCUT2D eigenvalue weighted by molar-refractivity contribution is 1.13. The highest BCUT2D eigenvalue weighted by Gasteiger charge is 2.44. The Labute approximate surface area is 553 Å². The molecule has 0 spiro atoms. The minimum absolute atomic E-state index is 0.142. The molecule has 16 aromatic rings. The minimum atomic E-state index is -0.142. The van der Waals surface area contributed by atoms with E-state index in [1.54, 1.807) is 0 Å². The van der Waals surface area contributed by atoms with E-state index in [-0.39, 0.29) is 6.71 Å². The molecule has 0 bridgehead atoms. The standard InChI is InChI=1S/C89H60BN5/c1-59-36-48-75(89-91-79(66-30-16-6-17-31-66)58-80(92-89)67-32-18-7-19-33-67)85(52-59)95-81-35-21-20-34-74(81)76-53-68(41-49-82(76)95)71-56-86-88-87(57-71)94(73-46-39-65(40-47-73)61-24-10-3-11-25-61)84-51-43-70(63-28-14-5-15-29-63)55-78(84)90(88)77-54-69(62-26-12-4-13-27-62)42-50-83(77)93(86)72-44-37-64(38-45-72)60-22-8-2-9-23-60/h2-58H,1H3. The third-order valence-electron chi connectivity index (χ3n) is 19.3. The van der Waals surface area contributed by atoms with Crippen molar-refractivity contribution in [2.75, 3.05) is 9.80 Å². The maximum atomic E-state index is 5.40. The molecule has 14 aromatic carbocycles. The van der Waals surface area contributed by atoms with Gasteiger partial charge in [-0.05, 0) is 169 Å². The van der Waals surface area contributed by atoms with Crippen LogP contribution in [-0.4, -0.2) is 21.2 Å². The van der Waals surface area contributed by atoms with E-state index in [0.29, 0.717) is 5.82 Å². The first-order valence-corrected chi connectivity index (χ1v) is 32.6. The van der Waals surface area contributed by atoms with E-state index in [1.165, 1.54) is 60.9 Å². The van der Waals surface area contributed by atoms with Crippen LogP contribution in [0, 0.1) is 6.92 Å². The highest BCUT2D eigenvalue weighted by atomic mass is 15.2. The fourth-order valence-electron chi connectivity index (χ4n) is 14.7. The number of benzene rings is 14. The molecule has 18 rings (SSSR count). The van der Waals surface area contributed by atoms with Crippen molar-refractivity contribution in [3.8, 4) is 95.2 Å². The number of rotatable bonds is 11. The summed E-state index contributed by atoms with van der Waals surface area (Å²) in [5.41, 5.74) is 31.3. The largest absolute Gasteiger partial charge is 0.311 e. The molecular weight excluding hydrogens is 1150 g/mol. The molecule has 2 aromatic heterocycles.